The van der Waals surface area contributed by atoms with Crippen LogP contribution < -0.4 is 0 Å². The zero-order valence-corrected chi connectivity index (χ0v) is 52.3. The van der Waals surface area contributed by atoms with Gasteiger partial charge in [-0.05, 0) is 33.4 Å². The van der Waals surface area contributed by atoms with Crippen molar-refractivity contribution in [1.82, 2.24) is 19.6 Å². The van der Waals surface area contributed by atoms with Crippen molar-refractivity contribution in [3.05, 3.63) is 215 Å². The summed E-state index contributed by atoms with van der Waals surface area (Å²) in [6, 6.07) is 55.4. The maximum absolute atomic E-state index is 14.3. The molecule has 0 N–H and O–H groups in total. The summed E-state index contributed by atoms with van der Waals surface area (Å²) < 4.78 is 65.4. The third kappa shape index (κ3) is 29.8. The first kappa shape index (κ1) is 71.2. The minimum atomic E-state index is -1.15. The Balaban J connectivity index is 1.22. The highest BCUT2D eigenvalue weighted by molar-refractivity contribution is 5.76. The summed E-state index contributed by atoms with van der Waals surface area (Å²) in [5, 5.41) is 0. The molecule has 7 rings (SSSR count). The third-order valence-corrected chi connectivity index (χ3v) is 14.5. The van der Waals surface area contributed by atoms with Crippen LogP contribution in [0.4, 0.5) is 0 Å². The molecule has 6 aromatic rings. The van der Waals surface area contributed by atoms with Crippen LogP contribution in [0.15, 0.2) is 182 Å². The highest BCUT2D eigenvalue weighted by atomic mass is 16.6. The molecule has 6 aromatic carbocycles. The molecule has 0 unspecified atom stereocenters. The molecule has 92 heavy (non-hydrogen) atoms. The van der Waals surface area contributed by atoms with Crippen molar-refractivity contribution in [2.45, 2.75) is 39.6 Å². The minimum absolute atomic E-state index is 0.00245. The van der Waals surface area contributed by atoms with Crippen LogP contribution in [0.1, 0.15) is 33.4 Å². The normalized spacial score (nSPS) is 14.1. The topological polar surface area (TPSA) is 217 Å². The van der Waals surface area contributed by atoms with Crippen molar-refractivity contribution in [3.8, 4) is 0 Å². The molecule has 21 heteroatoms. The van der Waals surface area contributed by atoms with Gasteiger partial charge < -0.3 is 52.1 Å². The first-order chi connectivity index (χ1) is 45.0. The summed E-state index contributed by atoms with van der Waals surface area (Å²) in [6.07, 6.45) is 0. The first-order valence-electron chi connectivity index (χ1n) is 31.0. The zero-order chi connectivity index (χ0) is 64.5. The van der Waals surface area contributed by atoms with E-state index < -0.39 is 41.2 Å². The molecule has 1 aliphatic rings. The van der Waals surface area contributed by atoms with Crippen molar-refractivity contribution in [3.63, 3.8) is 0 Å². The SMILES string of the molecule is O=C(CN(CCN(CC(=O)OCc1ccccc1)CC1(CN(CCN(CC(=O)OCc2ccccc2)CC(=O)OCc2ccccc2)CC(=O)OCc2ccccc2)COCCOCCOCCOCCOC1)CC(=O)OCc1ccccc1)OCc1ccccc1. The van der Waals surface area contributed by atoms with Crippen LogP contribution in [0.2, 0.25) is 0 Å². The minimum Gasteiger partial charge on any atom is -0.460 e. The molecule has 0 radical (unpaired) electrons. The van der Waals surface area contributed by atoms with Gasteiger partial charge >= 0.3 is 35.8 Å². The Morgan fingerprint density at radius 2 is 0.457 bits per heavy atom. The number of hydrogen-bond acceptors (Lipinski definition) is 21. The van der Waals surface area contributed by atoms with Gasteiger partial charge in [0.1, 0.15) is 39.6 Å². The fraction of sp³-hybridized carbons (Fsp3) is 0.408. The van der Waals surface area contributed by atoms with Gasteiger partial charge in [-0.1, -0.05) is 182 Å². The molecule has 0 spiro atoms. The predicted octanol–water partition coefficient (Wildman–Crippen LogP) is 6.74. The molecular formula is C71H86N4O17. The van der Waals surface area contributed by atoms with E-state index in [1.54, 1.807) is 9.80 Å². The van der Waals surface area contributed by atoms with E-state index in [1.807, 2.05) is 192 Å². The Morgan fingerprint density at radius 3 is 0.674 bits per heavy atom. The second kappa shape index (κ2) is 42.0. The molecule has 0 aliphatic carbocycles. The van der Waals surface area contributed by atoms with E-state index in [9.17, 15) is 28.8 Å². The second-order valence-corrected chi connectivity index (χ2v) is 22.2. The van der Waals surface area contributed by atoms with Gasteiger partial charge in [-0.2, -0.15) is 0 Å². The van der Waals surface area contributed by atoms with Crippen molar-refractivity contribution in [1.29, 1.82) is 0 Å². The lowest BCUT2D eigenvalue weighted by molar-refractivity contribution is -0.152. The van der Waals surface area contributed by atoms with Crippen LogP contribution in [-0.4, -0.2) is 200 Å². The molecule has 0 aromatic heterocycles. The molecule has 1 aliphatic heterocycles. The van der Waals surface area contributed by atoms with E-state index in [1.165, 1.54) is 0 Å². The van der Waals surface area contributed by atoms with Crippen LogP contribution >= 0.6 is 0 Å². The number of ether oxygens (including phenoxy) is 11. The number of carbonyl (C=O) groups excluding carboxylic acids is 6. The van der Waals surface area contributed by atoms with E-state index in [2.05, 4.69) is 0 Å². The number of esters is 6. The first-order valence-corrected chi connectivity index (χ1v) is 31.0. The van der Waals surface area contributed by atoms with Crippen LogP contribution in [0.25, 0.3) is 0 Å². The Labute approximate surface area is 539 Å². The molecule has 1 heterocycles. The lowest BCUT2D eigenvalue weighted by atomic mass is 9.87. The van der Waals surface area contributed by atoms with E-state index in [-0.39, 0.29) is 158 Å². The highest BCUT2D eigenvalue weighted by Crippen LogP contribution is 2.25. The van der Waals surface area contributed by atoms with Crippen molar-refractivity contribution in [2.24, 2.45) is 5.41 Å². The monoisotopic (exact) mass is 1270 g/mol. The molecular weight excluding hydrogens is 1180 g/mol. The molecule has 0 amide bonds. The quantitative estimate of drug-likeness (QED) is 0.0302. The molecule has 0 saturated carbocycles. The molecule has 1 saturated heterocycles. The van der Waals surface area contributed by atoms with E-state index in [4.69, 9.17) is 52.1 Å². The maximum atomic E-state index is 14.3. The number of benzene rings is 6. The number of rotatable bonds is 34. The maximum Gasteiger partial charge on any atom is 0.320 e. The largest absolute Gasteiger partial charge is 0.460 e. The lowest BCUT2D eigenvalue weighted by Crippen LogP contribution is -2.55. The van der Waals surface area contributed by atoms with Crippen LogP contribution in [-0.2, 0) is 121 Å². The number of carbonyl (C=O) groups is 6. The van der Waals surface area contributed by atoms with Gasteiger partial charge in [0.2, 0.25) is 0 Å². The van der Waals surface area contributed by atoms with E-state index in [0.29, 0.717) is 26.4 Å². The highest BCUT2D eigenvalue weighted by Gasteiger charge is 2.38. The van der Waals surface area contributed by atoms with Crippen molar-refractivity contribution < 1.29 is 80.9 Å². The number of hydrogen-bond donors (Lipinski definition) is 0. The van der Waals surface area contributed by atoms with Gasteiger partial charge in [-0.3, -0.25) is 48.4 Å². The van der Waals surface area contributed by atoms with Gasteiger partial charge in [-0.15, -0.1) is 0 Å². The Hall–Kier alpha value is -8.22. The molecule has 0 atom stereocenters. The van der Waals surface area contributed by atoms with Crippen LogP contribution in [0.3, 0.4) is 0 Å². The summed E-state index contributed by atoms with van der Waals surface area (Å²) in [7, 11) is 0. The van der Waals surface area contributed by atoms with Crippen molar-refractivity contribution >= 4 is 35.8 Å². The molecule has 492 valence electrons. The fourth-order valence-corrected chi connectivity index (χ4v) is 9.80. The van der Waals surface area contributed by atoms with Gasteiger partial charge in [0.25, 0.3) is 0 Å². The van der Waals surface area contributed by atoms with Crippen LogP contribution in [0.5, 0.6) is 0 Å². The summed E-state index contributed by atoms with van der Waals surface area (Å²) in [5.41, 5.74) is 3.50. The summed E-state index contributed by atoms with van der Waals surface area (Å²) in [4.78, 5) is 90.6. The molecule has 21 nitrogen and oxygen atoms in total. The average molecular weight is 1270 g/mol. The van der Waals surface area contributed by atoms with Crippen molar-refractivity contribution in [2.75, 3.05) is 145 Å². The summed E-state index contributed by atoms with van der Waals surface area (Å²) >= 11 is 0. The lowest BCUT2D eigenvalue weighted by Gasteiger charge is -2.41. The summed E-state index contributed by atoms with van der Waals surface area (Å²) in [6.45, 7) is 0.372. The standard InChI is InChI=1S/C71H86N4O17/c76-65(87-49-59-19-7-1-8-20-59)43-72(44-66(77)88-50-60-21-9-2-10-22-60)31-33-74(47-69(80)91-53-63-27-15-5-16-28-63)55-71(57-85-41-39-83-37-35-82-36-38-84-40-42-86-58-71)56-75(48-70(81)92-54-64-29-17-6-18-30-64)34-32-73(45-67(78)89-51-61-23-11-3-12-24-61)46-68(79)90-52-62-25-13-4-14-26-62/h1-30H,31-58H2. The number of nitrogens with zero attached hydrogens (tertiary/aromatic N) is 4. The van der Waals surface area contributed by atoms with Crippen LogP contribution in [0, 0.1) is 5.41 Å². The Kier molecular flexibility index (Phi) is 32.5. The smallest absolute Gasteiger partial charge is 0.320 e. The fourth-order valence-electron chi connectivity index (χ4n) is 9.80. The Morgan fingerprint density at radius 1 is 0.272 bits per heavy atom. The van der Waals surface area contributed by atoms with Gasteiger partial charge in [0.15, 0.2) is 0 Å². The van der Waals surface area contributed by atoms with E-state index in [0.717, 1.165) is 33.4 Å². The second-order valence-electron chi connectivity index (χ2n) is 22.2. The average Bonchev–Trinajstić information content (AvgIpc) is 1.01. The Bertz CT molecular complexity index is 2730. The van der Waals surface area contributed by atoms with Gasteiger partial charge in [0, 0.05) is 44.7 Å². The van der Waals surface area contributed by atoms with Gasteiger partial charge in [0.05, 0.1) is 105 Å². The third-order valence-electron chi connectivity index (χ3n) is 14.5. The molecule has 1 fully saturated rings. The summed E-state index contributed by atoms with van der Waals surface area (Å²) in [5.74, 6) is -3.53. The van der Waals surface area contributed by atoms with E-state index >= 15 is 0 Å². The van der Waals surface area contributed by atoms with Gasteiger partial charge in [-0.25, -0.2) is 0 Å². The molecule has 0 bridgehead atoms. The predicted molar refractivity (Wildman–Crippen MR) is 340 cm³/mol. The zero-order valence-electron chi connectivity index (χ0n) is 52.3.